The molecule has 1 fully saturated rings. The third-order valence-corrected chi connectivity index (χ3v) is 3.83. The van der Waals surface area contributed by atoms with E-state index in [4.69, 9.17) is 9.47 Å². The van der Waals surface area contributed by atoms with E-state index in [9.17, 15) is 14.0 Å². The lowest BCUT2D eigenvalue weighted by atomic mass is 10.1. The monoisotopic (exact) mass is 352 g/mol. The standard InChI is InChI=1S/C18H25FN2O4/c1-18(2,3)25-16(22)20-15-14(11-19)9-10-21(15)17(23)24-12-13-7-5-4-6-8-13/h4-8,14-15H,9-12H2,1-3H3,(H,20,22)/t14-,15+/m1/s1. The zero-order valence-corrected chi connectivity index (χ0v) is 14.8. The highest BCUT2D eigenvalue weighted by atomic mass is 19.1. The van der Waals surface area contributed by atoms with Crippen LogP contribution in [0.25, 0.3) is 0 Å². The first kappa shape index (κ1) is 19.0. The van der Waals surface area contributed by atoms with Crippen molar-refractivity contribution in [2.75, 3.05) is 13.2 Å². The van der Waals surface area contributed by atoms with Gasteiger partial charge in [0.15, 0.2) is 0 Å². The maximum atomic E-state index is 13.3. The average molecular weight is 352 g/mol. The van der Waals surface area contributed by atoms with Gasteiger partial charge < -0.3 is 14.8 Å². The van der Waals surface area contributed by atoms with E-state index in [1.165, 1.54) is 4.90 Å². The average Bonchev–Trinajstić information content (AvgIpc) is 2.94. The van der Waals surface area contributed by atoms with Gasteiger partial charge in [0, 0.05) is 12.5 Å². The number of nitrogens with zero attached hydrogens (tertiary/aromatic N) is 1. The van der Waals surface area contributed by atoms with E-state index in [1.807, 2.05) is 30.3 Å². The van der Waals surface area contributed by atoms with Crippen molar-refractivity contribution in [1.82, 2.24) is 10.2 Å². The van der Waals surface area contributed by atoms with E-state index >= 15 is 0 Å². The second kappa shape index (κ2) is 8.18. The van der Waals surface area contributed by atoms with Crippen molar-refractivity contribution >= 4 is 12.2 Å². The molecule has 1 aromatic carbocycles. The Kier molecular flexibility index (Phi) is 6.22. The summed E-state index contributed by atoms with van der Waals surface area (Å²) < 4.78 is 23.7. The minimum absolute atomic E-state index is 0.121. The second-order valence-electron chi connectivity index (χ2n) is 7.03. The molecule has 0 saturated carbocycles. The van der Waals surface area contributed by atoms with Crippen LogP contribution in [0, 0.1) is 5.92 Å². The quantitative estimate of drug-likeness (QED) is 0.901. The molecule has 1 N–H and O–H groups in total. The summed E-state index contributed by atoms with van der Waals surface area (Å²) in [7, 11) is 0. The molecule has 0 aromatic heterocycles. The van der Waals surface area contributed by atoms with Crippen LogP contribution in [-0.2, 0) is 16.1 Å². The van der Waals surface area contributed by atoms with E-state index in [-0.39, 0.29) is 6.61 Å². The number of ether oxygens (including phenoxy) is 2. The number of rotatable bonds is 4. The summed E-state index contributed by atoms with van der Waals surface area (Å²) in [6.45, 7) is 5.01. The molecule has 138 valence electrons. The summed E-state index contributed by atoms with van der Waals surface area (Å²) in [5, 5.41) is 2.59. The number of benzene rings is 1. The molecule has 0 radical (unpaired) electrons. The number of nitrogens with one attached hydrogen (secondary N) is 1. The summed E-state index contributed by atoms with van der Waals surface area (Å²) in [6.07, 6.45) is -1.58. The third-order valence-electron chi connectivity index (χ3n) is 3.83. The van der Waals surface area contributed by atoms with Crippen molar-refractivity contribution < 1.29 is 23.5 Å². The topological polar surface area (TPSA) is 67.9 Å². The highest BCUT2D eigenvalue weighted by molar-refractivity contribution is 5.72. The summed E-state index contributed by atoms with van der Waals surface area (Å²) in [6, 6.07) is 9.27. The van der Waals surface area contributed by atoms with E-state index in [1.54, 1.807) is 20.8 Å². The Hall–Kier alpha value is -2.31. The van der Waals surface area contributed by atoms with Gasteiger partial charge in [-0.2, -0.15) is 0 Å². The molecule has 0 bridgehead atoms. The van der Waals surface area contributed by atoms with Gasteiger partial charge in [0.2, 0.25) is 0 Å². The number of halogens is 1. The Morgan fingerprint density at radius 2 is 1.96 bits per heavy atom. The third kappa shape index (κ3) is 5.62. The molecule has 1 heterocycles. The van der Waals surface area contributed by atoms with Crippen LogP contribution in [-0.4, -0.2) is 42.1 Å². The number of likely N-dealkylation sites (tertiary alicyclic amines) is 1. The molecular weight excluding hydrogens is 327 g/mol. The summed E-state index contributed by atoms with van der Waals surface area (Å²) in [4.78, 5) is 25.7. The van der Waals surface area contributed by atoms with E-state index in [0.29, 0.717) is 13.0 Å². The molecule has 1 aliphatic rings. The normalized spacial score (nSPS) is 20.2. The molecule has 7 heteroatoms. The Labute approximate surface area is 147 Å². The van der Waals surface area contributed by atoms with E-state index in [0.717, 1.165) is 5.56 Å². The van der Waals surface area contributed by atoms with Crippen molar-refractivity contribution in [1.29, 1.82) is 0 Å². The highest BCUT2D eigenvalue weighted by Crippen LogP contribution is 2.24. The van der Waals surface area contributed by atoms with Crippen molar-refractivity contribution in [3.8, 4) is 0 Å². The van der Waals surface area contributed by atoms with Crippen LogP contribution < -0.4 is 5.32 Å². The Bertz CT molecular complexity index is 588. The van der Waals surface area contributed by atoms with Gasteiger partial charge in [-0.25, -0.2) is 9.59 Å². The fourth-order valence-corrected chi connectivity index (χ4v) is 2.65. The first-order valence-corrected chi connectivity index (χ1v) is 8.33. The predicted octanol–water partition coefficient (Wildman–Crippen LogP) is 3.47. The first-order chi connectivity index (χ1) is 11.8. The fraction of sp³-hybridized carbons (Fsp3) is 0.556. The second-order valence-corrected chi connectivity index (χ2v) is 7.03. The van der Waals surface area contributed by atoms with Crippen molar-refractivity contribution in [2.24, 2.45) is 5.92 Å². The number of amides is 2. The maximum absolute atomic E-state index is 13.3. The molecule has 1 saturated heterocycles. The van der Waals surface area contributed by atoms with Gasteiger partial charge >= 0.3 is 12.2 Å². The van der Waals surface area contributed by atoms with Crippen LogP contribution >= 0.6 is 0 Å². The molecule has 25 heavy (non-hydrogen) atoms. The van der Waals surface area contributed by atoms with Gasteiger partial charge in [0.1, 0.15) is 18.4 Å². The molecule has 2 rings (SSSR count). The lowest BCUT2D eigenvalue weighted by molar-refractivity contribution is 0.0384. The minimum atomic E-state index is -0.775. The van der Waals surface area contributed by atoms with E-state index in [2.05, 4.69) is 5.32 Å². The number of hydrogen-bond acceptors (Lipinski definition) is 4. The number of alkyl carbamates (subject to hydrolysis) is 1. The lowest BCUT2D eigenvalue weighted by Gasteiger charge is -2.29. The number of carbonyl (C=O) groups is 2. The van der Waals surface area contributed by atoms with E-state index < -0.39 is 36.5 Å². The SMILES string of the molecule is CC(C)(C)OC(=O)N[C@@H]1[C@@H](CF)CCN1C(=O)OCc1ccccc1. The largest absolute Gasteiger partial charge is 0.444 e. The molecule has 1 aliphatic heterocycles. The molecule has 0 unspecified atom stereocenters. The predicted molar refractivity (Wildman–Crippen MR) is 90.6 cm³/mol. The molecule has 0 aliphatic carbocycles. The Balaban J connectivity index is 1.97. The zero-order valence-electron chi connectivity index (χ0n) is 14.8. The zero-order chi connectivity index (χ0) is 18.4. The van der Waals surface area contributed by atoms with Crippen LogP contribution in [0.15, 0.2) is 30.3 Å². The maximum Gasteiger partial charge on any atom is 0.411 e. The van der Waals surface area contributed by atoms with Gasteiger partial charge in [-0.3, -0.25) is 9.29 Å². The Morgan fingerprint density at radius 1 is 1.28 bits per heavy atom. The number of carbonyl (C=O) groups excluding carboxylic acids is 2. The number of alkyl halides is 1. The first-order valence-electron chi connectivity index (χ1n) is 8.33. The summed E-state index contributed by atoms with van der Waals surface area (Å²) in [5.41, 5.74) is 0.181. The molecular formula is C18H25FN2O4. The molecule has 1 aromatic rings. The fourth-order valence-electron chi connectivity index (χ4n) is 2.65. The highest BCUT2D eigenvalue weighted by Gasteiger charge is 2.39. The van der Waals surface area contributed by atoms with Crippen LogP contribution in [0.5, 0.6) is 0 Å². The van der Waals surface area contributed by atoms with Gasteiger partial charge in [0.05, 0.1) is 6.67 Å². The summed E-state index contributed by atoms with van der Waals surface area (Å²) in [5.74, 6) is -0.475. The number of hydrogen-bond donors (Lipinski definition) is 1. The van der Waals surface area contributed by atoms with Gasteiger partial charge in [-0.05, 0) is 32.8 Å². The minimum Gasteiger partial charge on any atom is -0.444 e. The summed E-state index contributed by atoms with van der Waals surface area (Å²) >= 11 is 0. The van der Waals surface area contributed by atoms with Crippen LogP contribution in [0.3, 0.4) is 0 Å². The van der Waals surface area contributed by atoms with Gasteiger partial charge in [-0.1, -0.05) is 30.3 Å². The van der Waals surface area contributed by atoms with Crippen LogP contribution in [0.4, 0.5) is 14.0 Å². The van der Waals surface area contributed by atoms with Crippen molar-refractivity contribution in [3.63, 3.8) is 0 Å². The van der Waals surface area contributed by atoms with Crippen LogP contribution in [0.2, 0.25) is 0 Å². The van der Waals surface area contributed by atoms with Crippen molar-refractivity contribution in [3.05, 3.63) is 35.9 Å². The van der Waals surface area contributed by atoms with Gasteiger partial charge in [-0.15, -0.1) is 0 Å². The molecule has 0 spiro atoms. The molecule has 2 amide bonds. The molecule has 2 atom stereocenters. The molecule has 6 nitrogen and oxygen atoms in total. The smallest absolute Gasteiger partial charge is 0.411 e. The van der Waals surface area contributed by atoms with Gasteiger partial charge in [0.25, 0.3) is 0 Å². The Morgan fingerprint density at radius 3 is 2.56 bits per heavy atom. The lowest BCUT2D eigenvalue weighted by Crippen LogP contribution is -2.51. The van der Waals surface area contributed by atoms with Crippen LogP contribution in [0.1, 0.15) is 32.8 Å². The van der Waals surface area contributed by atoms with Crippen molar-refractivity contribution in [2.45, 2.75) is 45.6 Å².